The van der Waals surface area contributed by atoms with Gasteiger partial charge in [0.25, 0.3) is 0 Å². The first-order valence-corrected chi connectivity index (χ1v) is 7.31. The predicted molar refractivity (Wildman–Crippen MR) is 95.8 cm³/mol. The van der Waals surface area contributed by atoms with Crippen molar-refractivity contribution in [2.45, 2.75) is 37.3 Å². The van der Waals surface area contributed by atoms with Crippen molar-refractivity contribution < 1.29 is 4.79 Å². The van der Waals surface area contributed by atoms with Crippen LogP contribution in [0.1, 0.15) is 37.3 Å². The van der Waals surface area contributed by atoms with Gasteiger partial charge in [-0.1, -0.05) is 43.2 Å². The molecule has 1 fully saturated rings. The van der Waals surface area contributed by atoms with Crippen LogP contribution in [0.25, 0.3) is 0 Å². The van der Waals surface area contributed by atoms with Crippen molar-refractivity contribution in [1.82, 2.24) is 10.2 Å². The van der Waals surface area contributed by atoms with E-state index in [1.807, 2.05) is 30.3 Å². The maximum Gasteiger partial charge on any atom is 0.241 e. The van der Waals surface area contributed by atoms with Crippen LogP contribution in [0.2, 0.25) is 0 Å². The standard InChI is InChI=1S/C16H25N3O.2ClH/c1-19(2)16(10-6-7-11-16)12-18-15(20)14(17)13-8-4-3-5-9-13;;/h3-5,8-9,14H,6-7,10-12,17H2,1-2H3,(H,18,20);2*1H. The Morgan fingerprint density at radius 1 is 1.23 bits per heavy atom. The summed E-state index contributed by atoms with van der Waals surface area (Å²) in [6.45, 7) is 0.680. The molecule has 0 aromatic heterocycles. The zero-order chi connectivity index (χ0) is 14.6. The third kappa shape index (κ3) is 4.85. The smallest absolute Gasteiger partial charge is 0.241 e. The third-order valence-electron chi connectivity index (χ3n) is 4.52. The summed E-state index contributed by atoms with van der Waals surface area (Å²) in [6, 6.07) is 8.93. The first-order chi connectivity index (χ1) is 9.55. The Morgan fingerprint density at radius 2 is 1.77 bits per heavy atom. The molecule has 0 heterocycles. The Labute approximate surface area is 145 Å². The van der Waals surface area contributed by atoms with E-state index >= 15 is 0 Å². The first-order valence-electron chi connectivity index (χ1n) is 7.31. The minimum atomic E-state index is -0.586. The van der Waals surface area contributed by atoms with Crippen LogP contribution in [-0.4, -0.2) is 37.0 Å². The number of halogens is 2. The molecule has 22 heavy (non-hydrogen) atoms. The highest BCUT2D eigenvalue weighted by Gasteiger charge is 2.36. The molecule has 2 rings (SSSR count). The van der Waals surface area contributed by atoms with E-state index in [2.05, 4.69) is 24.3 Å². The van der Waals surface area contributed by atoms with Crippen molar-refractivity contribution in [3.05, 3.63) is 35.9 Å². The van der Waals surface area contributed by atoms with Gasteiger partial charge in [0.05, 0.1) is 0 Å². The van der Waals surface area contributed by atoms with E-state index in [0.29, 0.717) is 6.54 Å². The number of nitrogens with one attached hydrogen (secondary N) is 1. The van der Waals surface area contributed by atoms with Crippen molar-refractivity contribution >= 4 is 30.7 Å². The number of hydrogen-bond donors (Lipinski definition) is 2. The lowest BCUT2D eigenvalue weighted by Gasteiger charge is -2.36. The number of likely N-dealkylation sites (N-methyl/N-ethyl adjacent to an activating group) is 1. The molecule has 1 aromatic carbocycles. The molecule has 4 nitrogen and oxygen atoms in total. The van der Waals surface area contributed by atoms with E-state index < -0.39 is 6.04 Å². The molecule has 3 N–H and O–H groups in total. The average molecular weight is 348 g/mol. The van der Waals surface area contributed by atoms with Gasteiger partial charge >= 0.3 is 0 Å². The van der Waals surface area contributed by atoms with Gasteiger partial charge in [-0.2, -0.15) is 0 Å². The van der Waals surface area contributed by atoms with Gasteiger partial charge in [-0.05, 0) is 32.5 Å². The summed E-state index contributed by atoms with van der Waals surface area (Å²) in [7, 11) is 4.18. The van der Waals surface area contributed by atoms with E-state index in [9.17, 15) is 4.79 Å². The molecule has 1 atom stereocenters. The van der Waals surface area contributed by atoms with Gasteiger partial charge in [0.1, 0.15) is 6.04 Å². The van der Waals surface area contributed by atoms with Crippen LogP contribution in [-0.2, 0) is 4.79 Å². The summed E-state index contributed by atoms with van der Waals surface area (Å²) in [4.78, 5) is 14.5. The van der Waals surface area contributed by atoms with Crippen molar-refractivity contribution in [2.24, 2.45) is 5.73 Å². The lowest BCUT2D eigenvalue weighted by molar-refractivity contribution is -0.123. The molecule has 1 amide bonds. The quantitative estimate of drug-likeness (QED) is 0.860. The van der Waals surface area contributed by atoms with Crippen LogP contribution < -0.4 is 11.1 Å². The molecule has 0 spiro atoms. The van der Waals surface area contributed by atoms with Crippen LogP contribution in [0.3, 0.4) is 0 Å². The summed E-state index contributed by atoms with van der Waals surface area (Å²) < 4.78 is 0. The number of rotatable bonds is 5. The number of carbonyl (C=O) groups excluding carboxylic acids is 1. The lowest BCUT2D eigenvalue weighted by atomic mass is 9.95. The average Bonchev–Trinajstić information content (AvgIpc) is 2.95. The van der Waals surface area contributed by atoms with Gasteiger partial charge in [0, 0.05) is 12.1 Å². The minimum Gasteiger partial charge on any atom is -0.353 e. The highest BCUT2D eigenvalue weighted by Crippen LogP contribution is 2.33. The molecule has 1 aromatic rings. The van der Waals surface area contributed by atoms with Gasteiger partial charge < -0.3 is 16.0 Å². The van der Waals surface area contributed by atoms with Crippen molar-refractivity contribution in [3.63, 3.8) is 0 Å². The SMILES string of the molecule is CN(C)C1(CNC(=O)C(N)c2ccccc2)CCCC1.Cl.Cl. The van der Waals surface area contributed by atoms with Crippen LogP contribution in [0.4, 0.5) is 0 Å². The number of amides is 1. The van der Waals surface area contributed by atoms with Crippen LogP contribution in [0, 0.1) is 0 Å². The molecule has 1 aliphatic carbocycles. The lowest BCUT2D eigenvalue weighted by Crippen LogP contribution is -2.52. The molecular formula is C16H27Cl2N3O. The molecular weight excluding hydrogens is 321 g/mol. The van der Waals surface area contributed by atoms with Crippen LogP contribution in [0.5, 0.6) is 0 Å². The summed E-state index contributed by atoms with van der Waals surface area (Å²) >= 11 is 0. The fourth-order valence-corrected chi connectivity index (χ4v) is 2.99. The molecule has 1 unspecified atom stereocenters. The van der Waals surface area contributed by atoms with E-state index in [1.165, 1.54) is 12.8 Å². The normalized spacial score (nSPS) is 17.3. The second-order valence-electron chi connectivity index (χ2n) is 5.93. The number of nitrogens with zero attached hydrogens (tertiary/aromatic N) is 1. The van der Waals surface area contributed by atoms with E-state index in [-0.39, 0.29) is 36.3 Å². The summed E-state index contributed by atoms with van der Waals surface area (Å²) in [5, 5.41) is 3.04. The molecule has 0 aliphatic heterocycles. The Morgan fingerprint density at radius 3 is 2.27 bits per heavy atom. The molecule has 0 radical (unpaired) electrons. The van der Waals surface area contributed by atoms with Gasteiger partial charge in [-0.15, -0.1) is 24.8 Å². The maximum absolute atomic E-state index is 12.2. The monoisotopic (exact) mass is 347 g/mol. The van der Waals surface area contributed by atoms with Gasteiger partial charge in [-0.25, -0.2) is 0 Å². The fraction of sp³-hybridized carbons (Fsp3) is 0.562. The second-order valence-corrected chi connectivity index (χ2v) is 5.93. The molecule has 126 valence electrons. The van der Waals surface area contributed by atoms with Crippen molar-refractivity contribution in [3.8, 4) is 0 Å². The zero-order valence-corrected chi connectivity index (χ0v) is 14.9. The number of hydrogen-bond acceptors (Lipinski definition) is 3. The Balaban J connectivity index is 0.00000220. The Hall–Kier alpha value is -0.810. The summed E-state index contributed by atoms with van der Waals surface area (Å²) in [6.07, 6.45) is 4.75. The summed E-state index contributed by atoms with van der Waals surface area (Å²) in [5.41, 5.74) is 6.98. The van der Waals surface area contributed by atoms with Crippen LogP contribution in [0.15, 0.2) is 30.3 Å². The van der Waals surface area contributed by atoms with Crippen LogP contribution >= 0.6 is 24.8 Å². The highest BCUT2D eigenvalue weighted by atomic mass is 35.5. The Kier molecular flexibility index (Phi) is 9.01. The maximum atomic E-state index is 12.2. The molecule has 1 saturated carbocycles. The van der Waals surface area contributed by atoms with E-state index in [1.54, 1.807) is 0 Å². The van der Waals surface area contributed by atoms with Crippen molar-refractivity contribution in [1.29, 1.82) is 0 Å². The summed E-state index contributed by atoms with van der Waals surface area (Å²) in [5.74, 6) is -0.0932. The largest absolute Gasteiger partial charge is 0.353 e. The molecule has 1 aliphatic rings. The number of carbonyl (C=O) groups is 1. The minimum absolute atomic E-state index is 0. The second kappa shape index (κ2) is 9.36. The fourth-order valence-electron chi connectivity index (χ4n) is 2.99. The van der Waals surface area contributed by atoms with Gasteiger partial charge in [0.15, 0.2) is 0 Å². The third-order valence-corrected chi connectivity index (χ3v) is 4.52. The van der Waals surface area contributed by atoms with Gasteiger partial charge in [-0.3, -0.25) is 4.79 Å². The van der Waals surface area contributed by atoms with Crippen molar-refractivity contribution in [2.75, 3.05) is 20.6 Å². The zero-order valence-electron chi connectivity index (χ0n) is 13.2. The number of nitrogens with two attached hydrogens (primary N) is 1. The van der Waals surface area contributed by atoms with Gasteiger partial charge in [0.2, 0.25) is 5.91 Å². The van der Waals surface area contributed by atoms with E-state index in [4.69, 9.17) is 5.73 Å². The highest BCUT2D eigenvalue weighted by molar-refractivity contribution is 5.85. The molecule has 0 bridgehead atoms. The molecule has 6 heteroatoms. The number of benzene rings is 1. The topological polar surface area (TPSA) is 58.4 Å². The van der Waals surface area contributed by atoms with E-state index in [0.717, 1.165) is 18.4 Å². The first kappa shape index (κ1) is 21.2. The predicted octanol–water partition coefficient (Wildman–Crippen LogP) is 2.52. The molecule has 0 saturated heterocycles. The Bertz CT molecular complexity index is 448.